The third-order valence-electron chi connectivity index (χ3n) is 5.32. The predicted molar refractivity (Wildman–Crippen MR) is 86.4 cm³/mol. The van der Waals surface area contributed by atoms with Gasteiger partial charge in [-0.25, -0.2) is 17.1 Å². The summed E-state index contributed by atoms with van der Waals surface area (Å²) in [6.07, 6.45) is 1.11. The van der Waals surface area contributed by atoms with E-state index < -0.39 is 21.4 Å². The smallest absolute Gasteiger partial charge is 0.312 e. The van der Waals surface area contributed by atoms with Gasteiger partial charge < -0.3 is 5.11 Å². The molecular weight excluding hydrogens is 335 g/mol. The van der Waals surface area contributed by atoms with Crippen LogP contribution >= 0.6 is 0 Å². The number of hydrogen-bond donors (Lipinski definition) is 1. The first kappa shape index (κ1) is 17.3. The number of halogens is 1. The summed E-state index contributed by atoms with van der Waals surface area (Å²) in [5.74, 6) is -1.49. The highest BCUT2D eigenvalue weighted by Gasteiger charge is 2.59. The van der Waals surface area contributed by atoms with E-state index in [0.717, 1.165) is 11.8 Å². The number of benzene rings is 1. The molecule has 6 nitrogen and oxygen atoms in total. The number of sulfonamides is 1. The second-order valence-electron chi connectivity index (χ2n) is 6.91. The van der Waals surface area contributed by atoms with Crippen LogP contribution in [0.15, 0.2) is 18.2 Å². The minimum absolute atomic E-state index is 0.00443. The van der Waals surface area contributed by atoms with Crippen LogP contribution in [-0.4, -0.2) is 61.1 Å². The van der Waals surface area contributed by atoms with Gasteiger partial charge in [-0.1, -0.05) is 12.1 Å². The van der Waals surface area contributed by atoms with Crippen LogP contribution in [0.5, 0.6) is 0 Å². The fraction of sp³-hybridized carbons (Fsp3) is 0.562. The third kappa shape index (κ3) is 2.82. The van der Waals surface area contributed by atoms with Gasteiger partial charge in [0.2, 0.25) is 10.0 Å². The van der Waals surface area contributed by atoms with E-state index in [1.54, 1.807) is 13.0 Å². The largest absolute Gasteiger partial charge is 0.481 e. The molecule has 1 N–H and O–H groups in total. The Morgan fingerprint density at radius 2 is 2.08 bits per heavy atom. The van der Waals surface area contributed by atoms with Crippen LogP contribution < -0.4 is 0 Å². The lowest BCUT2D eigenvalue weighted by atomic mass is 9.81. The van der Waals surface area contributed by atoms with Crippen LogP contribution in [0.3, 0.4) is 0 Å². The summed E-state index contributed by atoms with van der Waals surface area (Å²) in [6, 6.07) is 4.88. The SMILES string of the molecule is Cc1c(F)cccc1CN1C[C@@H]2CN(S(C)(=O)=O)C[C@]2(C(=O)O)C1. The van der Waals surface area contributed by atoms with Crippen LogP contribution in [0.2, 0.25) is 0 Å². The number of aliphatic carboxylic acids is 1. The van der Waals surface area contributed by atoms with Gasteiger partial charge in [-0.05, 0) is 24.1 Å². The normalized spacial score (nSPS) is 28.2. The van der Waals surface area contributed by atoms with Crippen LogP contribution in [0, 0.1) is 24.1 Å². The highest BCUT2D eigenvalue weighted by molar-refractivity contribution is 7.88. The highest BCUT2D eigenvalue weighted by Crippen LogP contribution is 2.44. The van der Waals surface area contributed by atoms with Gasteiger partial charge in [-0.2, -0.15) is 0 Å². The standard InChI is InChI=1S/C16H21FN2O4S/c1-11-12(4-3-5-14(11)17)6-18-7-13-8-19(24(2,22)23)10-16(13,9-18)15(20)21/h3-5,13H,6-10H2,1-2H3,(H,20,21)/t13-,16-/m1/s1. The molecule has 24 heavy (non-hydrogen) atoms. The first-order chi connectivity index (χ1) is 11.1. The number of hydrogen-bond acceptors (Lipinski definition) is 4. The van der Waals surface area contributed by atoms with Gasteiger partial charge in [0.05, 0.1) is 11.7 Å². The molecule has 0 aliphatic carbocycles. The van der Waals surface area contributed by atoms with Crippen molar-refractivity contribution in [2.24, 2.45) is 11.3 Å². The average Bonchev–Trinajstić information content (AvgIpc) is 2.98. The maximum absolute atomic E-state index is 13.7. The van der Waals surface area contributed by atoms with Crippen molar-refractivity contribution in [3.05, 3.63) is 35.1 Å². The molecule has 2 aliphatic rings. The van der Waals surface area contributed by atoms with Gasteiger partial charge >= 0.3 is 5.97 Å². The predicted octanol–water partition coefficient (Wildman–Crippen LogP) is 0.912. The quantitative estimate of drug-likeness (QED) is 0.868. The van der Waals surface area contributed by atoms with E-state index in [9.17, 15) is 22.7 Å². The summed E-state index contributed by atoms with van der Waals surface area (Å²) < 4.78 is 38.5. The molecule has 1 aromatic carbocycles. The Morgan fingerprint density at radius 1 is 1.38 bits per heavy atom. The molecule has 132 valence electrons. The fourth-order valence-corrected chi connectivity index (χ4v) is 4.78. The molecule has 1 aromatic rings. The third-order valence-corrected chi connectivity index (χ3v) is 6.53. The Bertz CT molecular complexity index is 782. The van der Waals surface area contributed by atoms with Crippen LogP contribution in [0.25, 0.3) is 0 Å². The maximum Gasteiger partial charge on any atom is 0.312 e. The molecule has 0 unspecified atom stereocenters. The summed E-state index contributed by atoms with van der Waals surface area (Å²) >= 11 is 0. The van der Waals surface area contributed by atoms with Gasteiger partial charge in [0.1, 0.15) is 5.82 Å². The van der Waals surface area contributed by atoms with Crippen molar-refractivity contribution in [1.29, 1.82) is 0 Å². The van der Waals surface area contributed by atoms with E-state index in [1.807, 2.05) is 11.0 Å². The fourth-order valence-electron chi connectivity index (χ4n) is 3.86. The Morgan fingerprint density at radius 3 is 2.67 bits per heavy atom. The summed E-state index contributed by atoms with van der Waals surface area (Å²) in [6.45, 7) is 3.17. The number of carboxylic acids is 1. The van der Waals surface area contributed by atoms with E-state index in [0.29, 0.717) is 18.7 Å². The van der Waals surface area contributed by atoms with E-state index in [-0.39, 0.29) is 31.4 Å². The molecule has 0 saturated carbocycles. The van der Waals surface area contributed by atoms with Gasteiger partial charge in [0, 0.05) is 38.6 Å². The first-order valence-electron chi connectivity index (χ1n) is 7.78. The van der Waals surface area contributed by atoms with E-state index in [4.69, 9.17) is 0 Å². The molecule has 3 rings (SSSR count). The molecule has 2 fully saturated rings. The monoisotopic (exact) mass is 356 g/mol. The highest BCUT2D eigenvalue weighted by atomic mass is 32.2. The minimum Gasteiger partial charge on any atom is -0.481 e. The van der Waals surface area contributed by atoms with Crippen molar-refractivity contribution < 1.29 is 22.7 Å². The molecule has 0 spiro atoms. The van der Waals surface area contributed by atoms with Crippen molar-refractivity contribution in [3.63, 3.8) is 0 Å². The summed E-state index contributed by atoms with van der Waals surface area (Å²) in [5, 5.41) is 9.73. The zero-order valence-corrected chi connectivity index (χ0v) is 14.5. The number of likely N-dealkylation sites (tertiary alicyclic amines) is 1. The van der Waals surface area contributed by atoms with E-state index in [2.05, 4.69) is 0 Å². The molecule has 2 heterocycles. The number of fused-ring (bicyclic) bond motifs is 1. The van der Waals surface area contributed by atoms with Crippen LogP contribution in [0.4, 0.5) is 4.39 Å². The lowest BCUT2D eigenvalue weighted by molar-refractivity contribution is -0.148. The molecule has 8 heteroatoms. The maximum atomic E-state index is 13.7. The lowest BCUT2D eigenvalue weighted by Crippen LogP contribution is -2.41. The molecule has 0 aromatic heterocycles. The van der Waals surface area contributed by atoms with Crippen molar-refractivity contribution >= 4 is 16.0 Å². The zero-order valence-electron chi connectivity index (χ0n) is 13.7. The lowest BCUT2D eigenvalue weighted by Gasteiger charge is -2.25. The van der Waals surface area contributed by atoms with Crippen molar-refractivity contribution in [2.45, 2.75) is 13.5 Å². The van der Waals surface area contributed by atoms with Crippen molar-refractivity contribution in [2.75, 3.05) is 32.4 Å². The number of carbonyl (C=O) groups is 1. The molecule has 2 saturated heterocycles. The second kappa shape index (κ2) is 5.79. The molecular formula is C16H21FN2O4S. The number of carboxylic acid groups (broad SMARTS) is 1. The average molecular weight is 356 g/mol. The van der Waals surface area contributed by atoms with Gasteiger partial charge in [0.25, 0.3) is 0 Å². The summed E-state index contributed by atoms with van der Waals surface area (Å²) in [4.78, 5) is 13.9. The van der Waals surface area contributed by atoms with E-state index in [1.165, 1.54) is 10.4 Å². The van der Waals surface area contributed by atoms with Crippen molar-refractivity contribution in [1.82, 2.24) is 9.21 Å². The molecule has 0 amide bonds. The zero-order chi connectivity index (χ0) is 17.7. The summed E-state index contributed by atoms with van der Waals surface area (Å²) in [5.41, 5.74) is 0.316. The molecule has 2 atom stereocenters. The Kier molecular flexibility index (Phi) is 4.17. The second-order valence-corrected chi connectivity index (χ2v) is 8.89. The number of rotatable bonds is 4. The first-order valence-corrected chi connectivity index (χ1v) is 9.63. The van der Waals surface area contributed by atoms with E-state index >= 15 is 0 Å². The Labute approximate surface area is 140 Å². The van der Waals surface area contributed by atoms with Crippen LogP contribution in [0.1, 0.15) is 11.1 Å². The topological polar surface area (TPSA) is 77.9 Å². The Balaban J connectivity index is 1.81. The molecule has 2 aliphatic heterocycles. The van der Waals surface area contributed by atoms with Crippen molar-refractivity contribution in [3.8, 4) is 0 Å². The molecule has 0 radical (unpaired) electrons. The minimum atomic E-state index is -3.40. The van der Waals surface area contributed by atoms with Crippen LogP contribution in [-0.2, 0) is 21.4 Å². The summed E-state index contributed by atoms with van der Waals surface area (Å²) in [7, 11) is -3.40. The number of nitrogens with zero attached hydrogens (tertiary/aromatic N) is 2. The van der Waals surface area contributed by atoms with Gasteiger partial charge in [-0.15, -0.1) is 0 Å². The van der Waals surface area contributed by atoms with Gasteiger partial charge in [0.15, 0.2) is 0 Å². The molecule has 0 bridgehead atoms. The van der Waals surface area contributed by atoms with Gasteiger partial charge in [-0.3, -0.25) is 9.69 Å². The Hall–Kier alpha value is -1.51.